The molecule has 2 N–H and O–H groups in total. The second-order valence-electron chi connectivity index (χ2n) is 6.32. The SMILES string of the molecule is CC(C)C[C@@H](CO)NC(=O)Cn1cc[n+](Cc2ccccc2)c1. The monoisotopic (exact) mass is 316 g/mol. The van der Waals surface area contributed by atoms with Crippen molar-refractivity contribution in [2.75, 3.05) is 6.61 Å². The lowest BCUT2D eigenvalue weighted by molar-refractivity contribution is -0.687. The molecule has 1 heterocycles. The number of nitrogens with one attached hydrogen (secondary N) is 1. The predicted octanol–water partition coefficient (Wildman–Crippen LogP) is 1.35. The third-order valence-corrected chi connectivity index (χ3v) is 3.62. The molecular formula is C18H26N3O2+. The van der Waals surface area contributed by atoms with Gasteiger partial charge in [-0.3, -0.25) is 4.79 Å². The van der Waals surface area contributed by atoms with Gasteiger partial charge in [-0.25, -0.2) is 9.13 Å². The van der Waals surface area contributed by atoms with Crippen molar-refractivity contribution < 1.29 is 14.5 Å². The van der Waals surface area contributed by atoms with Crippen LogP contribution in [0.2, 0.25) is 0 Å². The van der Waals surface area contributed by atoms with Gasteiger partial charge in [0, 0.05) is 0 Å². The van der Waals surface area contributed by atoms with Gasteiger partial charge >= 0.3 is 0 Å². The fourth-order valence-electron chi connectivity index (χ4n) is 2.61. The minimum atomic E-state index is -0.172. The standard InChI is InChI=1S/C18H25N3O2/c1-15(2)10-17(13-22)19-18(23)12-21-9-8-20(14-21)11-16-6-4-3-5-7-16/h3-9,14-15,17,22H,10-13H2,1-2H3/p+1/t17-/m0/s1. The zero-order valence-electron chi connectivity index (χ0n) is 13.9. The summed E-state index contributed by atoms with van der Waals surface area (Å²) in [6.07, 6.45) is 6.54. The zero-order valence-corrected chi connectivity index (χ0v) is 13.9. The van der Waals surface area contributed by atoms with Crippen molar-refractivity contribution >= 4 is 5.91 Å². The molecule has 0 fully saturated rings. The third-order valence-electron chi connectivity index (χ3n) is 3.62. The lowest BCUT2D eigenvalue weighted by Crippen LogP contribution is -2.40. The van der Waals surface area contributed by atoms with E-state index in [2.05, 4.69) is 31.3 Å². The van der Waals surface area contributed by atoms with Gasteiger partial charge in [-0.15, -0.1) is 0 Å². The highest BCUT2D eigenvalue weighted by molar-refractivity contribution is 5.76. The smallest absolute Gasteiger partial charge is 0.262 e. The van der Waals surface area contributed by atoms with Gasteiger partial charge < -0.3 is 10.4 Å². The number of amides is 1. The van der Waals surface area contributed by atoms with E-state index in [1.54, 1.807) is 0 Å². The first-order valence-electron chi connectivity index (χ1n) is 8.05. The molecule has 1 atom stereocenters. The minimum absolute atomic E-state index is 0.0242. The van der Waals surface area contributed by atoms with Crippen molar-refractivity contribution in [3.63, 3.8) is 0 Å². The molecule has 2 rings (SSSR count). The van der Waals surface area contributed by atoms with Gasteiger partial charge in [-0.05, 0) is 17.9 Å². The first kappa shape index (κ1) is 17.2. The number of benzene rings is 1. The molecule has 0 saturated heterocycles. The Morgan fingerprint density at radius 3 is 2.70 bits per heavy atom. The van der Waals surface area contributed by atoms with Crippen LogP contribution in [-0.4, -0.2) is 28.2 Å². The maximum atomic E-state index is 12.1. The Hall–Kier alpha value is -2.14. The molecule has 5 heteroatoms. The average molecular weight is 316 g/mol. The van der Waals surface area contributed by atoms with Crippen molar-refractivity contribution in [1.29, 1.82) is 0 Å². The fourth-order valence-corrected chi connectivity index (χ4v) is 2.61. The summed E-state index contributed by atoms with van der Waals surface area (Å²) >= 11 is 0. The van der Waals surface area contributed by atoms with Crippen molar-refractivity contribution in [1.82, 2.24) is 9.88 Å². The summed E-state index contributed by atoms with van der Waals surface area (Å²) in [4.78, 5) is 12.1. The lowest BCUT2D eigenvalue weighted by Gasteiger charge is -2.17. The average Bonchev–Trinajstić information content (AvgIpc) is 2.94. The molecule has 1 amide bonds. The van der Waals surface area contributed by atoms with Crippen LogP contribution in [0.1, 0.15) is 25.8 Å². The van der Waals surface area contributed by atoms with E-state index in [0.717, 1.165) is 13.0 Å². The van der Waals surface area contributed by atoms with Crippen molar-refractivity contribution in [2.45, 2.75) is 39.4 Å². The van der Waals surface area contributed by atoms with Crippen LogP contribution in [0.15, 0.2) is 49.1 Å². The molecule has 0 radical (unpaired) electrons. The van der Waals surface area contributed by atoms with E-state index >= 15 is 0 Å². The number of hydrogen-bond acceptors (Lipinski definition) is 2. The first-order valence-corrected chi connectivity index (χ1v) is 8.05. The number of aliphatic hydroxyl groups excluding tert-OH is 1. The molecule has 0 spiro atoms. The van der Waals surface area contributed by atoms with Crippen LogP contribution in [0.25, 0.3) is 0 Å². The molecule has 0 aliphatic carbocycles. The Labute approximate surface area is 137 Å². The van der Waals surface area contributed by atoms with Crippen LogP contribution < -0.4 is 9.88 Å². The van der Waals surface area contributed by atoms with Crippen LogP contribution in [0.4, 0.5) is 0 Å². The molecule has 124 valence electrons. The largest absolute Gasteiger partial charge is 0.394 e. The van der Waals surface area contributed by atoms with Crippen LogP contribution in [0.5, 0.6) is 0 Å². The van der Waals surface area contributed by atoms with E-state index in [0.29, 0.717) is 5.92 Å². The number of hydrogen-bond donors (Lipinski definition) is 2. The molecule has 0 bridgehead atoms. The summed E-state index contributed by atoms with van der Waals surface area (Å²) in [5, 5.41) is 12.2. The molecule has 1 aromatic heterocycles. The molecule has 0 aliphatic heterocycles. The van der Waals surface area contributed by atoms with Gasteiger partial charge in [-0.2, -0.15) is 0 Å². The normalized spacial score (nSPS) is 12.3. The van der Waals surface area contributed by atoms with E-state index < -0.39 is 0 Å². The van der Waals surface area contributed by atoms with Crippen molar-refractivity contribution in [3.05, 3.63) is 54.6 Å². The number of aromatic nitrogens is 2. The summed E-state index contributed by atoms with van der Waals surface area (Å²) in [5.74, 6) is 0.360. The van der Waals surface area contributed by atoms with Gasteiger partial charge in [0.1, 0.15) is 18.9 Å². The maximum absolute atomic E-state index is 12.1. The molecule has 5 nitrogen and oxygen atoms in total. The van der Waals surface area contributed by atoms with E-state index in [4.69, 9.17) is 0 Å². The van der Waals surface area contributed by atoms with Crippen LogP contribution in [-0.2, 0) is 17.9 Å². The molecule has 0 saturated carbocycles. The predicted molar refractivity (Wildman–Crippen MR) is 88.6 cm³/mol. The Kier molecular flexibility index (Phi) is 6.35. The van der Waals surface area contributed by atoms with Gasteiger partial charge in [0.25, 0.3) is 5.91 Å². The Morgan fingerprint density at radius 1 is 1.30 bits per heavy atom. The second kappa shape index (κ2) is 8.48. The van der Waals surface area contributed by atoms with Crippen molar-refractivity contribution in [3.8, 4) is 0 Å². The van der Waals surface area contributed by atoms with Gasteiger partial charge in [-0.1, -0.05) is 44.2 Å². The van der Waals surface area contributed by atoms with E-state index in [1.165, 1.54) is 5.56 Å². The molecular weight excluding hydrogens is 290 g/mol. The maximum Gasteiger partial charge on any atom is 0.262 e. The van der Waals surface area contributed by atoms with E-state index in [1.807, 2.05) is 46.1 Å². The fraction of sp³-hybridized carbons (Fsp3) is 0.444. The number of aliphatic hydroxyl groups is 1. The summed E-state index contributed by atoms with van der Waals surface area (Å²) in [6.45, 7) is 5.17. The number of carbonyl (C=O) groups is 1. The lowest BCUT2D eigenvalue weighted by atomic mass is 10.0. The quantitative estimate of drug-likeness (QED) is 0.722. The Balaban J connectivity index is 1.87. The molecule has 0 unspecified atom stereocenters. The third kappa shape index (κ3) is 5.87. The second-order valence-corrected chi connectivity index (χ2v) is 6.32. The summed E-state index contributed by atoms with van der Waals surface area (Å²) in [6, 6.07) is 10.0. The minimum Gasteiger partial charge on any atom is -0.394 e. The van der Waals surface area contributed by atoms with E-state index in [9.17, 15) is 9.90 Å². The highest BCUT2D eigenvalue weighted by Crippen LogP contribution is 2.04. The molecule has 2 aromatic rings. The van der Waals surface area contributed by atoms with Crippen LogP contribution >= 0.6 is 0 Å². The number of rotatable bonds is 8. The van der Waals surface area contributed by atoms with Gasteiger partial charge in [0.05, 0.1) is 12.6 Å². The highest BCUT2D eigenvalue weighted by atomic mass is 16.3. The summed E-state index contributed by atoms with van der Waals surface area (Å²) in [7, 11) is 0. The van der Waals surface area contributed by atoms with Crippen molar-refractivity contribution in [2.24, 2.45) is 5.92 Å². The van der Waals surface area contributed by atoms with Crippen LogP contribution in [0, 0.1) is 5.92 Å². The summed E-state index contributed by atoms with van der Waals surface area (Å²) in [5.41, 5.74) is 1.22. The van der Waals surface area contributed by atoms with Crippen LogP contribution in [0.3, 0.4) is 0 Å². The summed E-state index contributed by atoms with van der Waals surface area (Å²) < 4.78 is 3.89. The number of nitrogens with zero attached hydrogens (tertiary/aromatic N) is 2. The Bertz CT molecular complexity index is 608. The Morgan fingerprint density at radius 2 is 2.04 bits per heavy atom. The zero-order chi connectivity index (χ0) is 16.7. The topological polar surface area (TPSA) is 58.1 Å². The number of carbonyl (C=O) groups excluding carboxylic acids is 1. The molecule has 1 aromatic carbocycles. The van der Waals surface area contributed by atoms with Gasteiger partial charge in [0.2, 0.25) is 6.33 Å². The number of imidazole rings is 1. The molecule has 0 aliphatic rings. The highest BCUT2D eigenvalue weighted by Gasteiger charge is 2.15. The molecule has 23 heavy (non-hydrogen) atoms. The van der Waals surface area contributed by atoms with Gasteiger partial charge in [0.15, 0.2) is 6.54 Å². The first-order chi connectivity index (χ1) is 11.1. The van der Waals surface area contributed by atoms with E-state index in [-0.39, 0.29) is 25.1 Å².